The van der Waals surface area contributed by atoms with Crippen molar-refractivity contribution in [2.24, 2.45) is 9.98 Å². The minimum Gasteiger partial charge on any atom is -0.353 e. The summed E-state index contributed by atoms with van der Waals surface area (Å²) in [6, 6.07) is 7.67. The number of amides is 2. The van der Waals surface area contributed by atoms with Gasteiger partial charge < -0.3 is 5.32 Å². The first kappa shape index (κ1) is 19.2. The summed E-state index contributed by atoms with van der Waals surface area (Å²) >= 11 is 1.32. The summed E-state index contributed by atoms with van der Waals surface area (Å²) in [5.74, 6) is 0.899. The molecule has 0 saturated heterocycles. The first-order valence-corrected chi connectivity index (χ1v) is 11.2. The van der Waals surface area contributed by atoms with Crippen LogP contribution in [0.5, 0.6) is 0 Å². The van der Waals surface area contributed by atoms with Crippen LogP contribution < -0.4 is 5.32 Å². The summed E-state index contributed by atoms with van der Waals surface area (Å²) < 4.78 is 0. The fourth-order valence-electron chi connectivity index (χ4n) is 4.01. The van der Waals surface area contributed by atoms with Crippen LogP contribution in [-0.2, 0) is 9.59 Å². The molecule has 7 heteroatoms. The maximum atomic E-state index is 12.9. The van der Waals surface area contributed by atoms with Gasteiger partial charge in [0.25, 0.3) is 5.91 Å². The number of carbonyl (C=O) groups is 2. The SMILES string of the molecule is CCCC1N=C2c3ccccc3N=C(SCC(=O)NC3CCCCC3)N2C1=O. The number of nitrogens with zero attached hydrogens (tertiary/aromatic N) is 3. The van der Waals surface area contributed by atoms with E-state index in [4.69, 9.17) is 4.99 Å². The molecule has 0 radical (unpaired) electrons. The number of para-hydroxylation sites is 1. The predicted molar refractivity (Wildman–Crippen MR) is 113 cm³/mol. The van der Waals surface area contributed by atoms with Gasteiger partial charge in [-0.15, -0.1) is 0 Å². The lowest BCUT2D eigenvalue weighted by Crippen LogP contribution is -2.42. The molecule has 1 aromatic rings. The largest absolute Gasteiger partial charge is 0.353 e. The zero-order chi connectivity index (χ0) is 19.5. The number of aliphatic imine (C=N–C) groups is 2. The Balaban J connectivity index is 1.50. The molecule has 2 heterocycles. The van der Waals surface area contributed by atoms with E-state index in [2.05, 4.69) is 17.2 Å². The number of amidine groups is 2. The van der Waals surface area contributed by atoms with E-state index >= 15 is 0 Å². The molecule has 6 nitrogen and oxygen atoms in total. The lowest BCUT2D eigenvalue weighted by Gasteiger charge is -2.26. The Morgan fingerprint density at radius 3 is 2.82 bits per heavy atom. The molecule has 1 aliphatic carbocycles. The Kier molecular flexibility index (Phi) is 5.80. The second-order valence-corrected chi connectivity index (χ2v) is 8.48. The fourth-order valence-corrected chi connectivity index (χ4v) is 4.82. The Morgan fingerprint density at radius 1 is 1.25 bits per heavy atom. The maximum absolute atomic E-state index is 12.9. The molecule has 2 amide bonds. The number of hydrogen-bond donors (Lipinski definition) is 1. The predicted octanol–water partition coefficient (Wildman–Crippen LogP) is 3.63. The highest BCUT2D eigenvalue weighted by Gasteiger charge is 2.40. The Labute approximate surface area is 169 Å². The second-order valence-electron chi connectivity index (χ2n) is 7.53. The highest BCUT2D eigenvalue weighted by atomic mass is 32.2. The zero-order valence-electron chi connectivity index (χ0n) is 16.2. The van der Waals surface area contributed by atoms with Crippen molar-refractivity contribution in [1.29, 1.82) is 0 Å². The molecular formula is C21H26N4O2S. The van der Waals surface area contributed by atoms with Crippen LogP contribution in [0.2, 0.25) is 0 Å². The third-order valence-corrected chi connectivity index (χ3v) is 6.35. The number of hydrogen-bond acceptors (Lipinski definition) is 5. The van der Waals surface area contributed by atoms with Crippen molar-refractivity contribution in [2.45, 2.75) is 64.0 Å². The molecule has 28 heavy (non-hydrogen) atoms. The number of fused-ring (bicyclic) bond motifs is 3. The summed E-state index contributed by atoms with van der Waals surface area (Å²) in [4.78, 5) is 36.3. The Hall–Kier alpha value is -2.15. The third-order valence-electron chi connectivity index (χ3n) is 5.41. The van der Waals surface area contributed by atoms with E-state index in [0.717, 1.165) is 36.9 Å². The van der Waals surface area contributed by atoms with Gasteiger partial charge in [-0.3, -0.25) is 14.6 Å². The number of carbonyl (C=O) groups excluding carboxylic acids is 2. The second kappa shape index (κ2) is 8.47. The zero-order valence-corrected chi connectivity index (χ0v) is 17.0. The van der Waals surface area contributed by atoms with Gasteiger partial charge in [-0.25, -0.2) is 9.89 Å². The summed E-state index contributed by atoms with van der Waals surface area (Å²) in [7, 11) is 0. The van der Waals surface area contributed by atoms with Crippen LogP contribution in [0.1, 0.15) is 57.4 Å². The van der Waals surface area contributed by atoms with Crippen LogP contribution in [0.3, 0.4) is 0 Å². The Bertz CT molecular complexity index is 829. The molecule has 1 aromatic carbocycles. The van der Waals surface area contributed by atoms with Gasteiger partial charge in [0.2, 0.25) is 5.91 Å². The van der Waals surface area contributed by atoms with E-state index in [-0.39, 0.29) is 29.7 Å². The minimum absolute atomic E-state index is 0.00806. The van der Waals surface area contributed by atoms with Crippen molar-refractivity contribution in [3.8, 4) is 0 Å². The van der Waals surface area contributed by atoms with Gasteiger partial charge in [0.15, 0.2) is 5.17 Å². The molecule has 0 spiro atoms. The number of nitrogens with one attached hydrogen (secondary N) is 1. The van der Waals surface area contributed by atoms with E-state index in [1.165, 1.54) is 31.0 Å². The monoisotopic (exact) mass is 398 g/mol. The first-order chi connectivity index (χ1) is 13.7. The molecule has 0 aromatic heterocycles. The topological polar surface area (TPSA) is 74.1 Å². The first-order valence-electron chi connectivity index (χ1n) is 10.2. The summed E-state index contributed by atoms with van der Waals surface area (Å²) in [5.41, 5.74) is 1.68. The molecule has 3 aliphatic rings. The highest BCUT2D eigenvalue weighted by molar-refractivity contribution is 8.14. The standard InChI is InChI=1S/C21H26N4O2S/c1-2-8-17-20(27)25-19(23-17)15-11-6-7-12-16(15)24-21(25)28-13-18(26)22-14-9-4-3-5-10-14/h6-7,11-12,14,17H,2-5,8-10,13H2,1H3,(H,22,26). The molecule has 1 N–H and O–H groups in total. The average molecular weight is 399 g/mol. The van der Waals surface area contributed by atoms with Gasteiger partial charge in [-0.1, -0.05) is 56.5 Å². The van der Waals surface area contributed by atoms with Crippen molar-refractivity contribution >= 4 is 40.3 Å². The van der Waals surface area contributed by atoms with Crippen LogP contribution in [-0.4, -0.2) is 45.6 Å². The smallest absolute Gasteiger partial charge is 0.259 e. The molecule has 148 valence electrons. The van der Waals surface area contributed by atoms with E-state index in [1.807, 2.05) is 24.3 Å². The van der Waals surface area contributed by atoms with Gasteiger partial charge in [-0.05, 0) is 31.4 Å². The molecule has 0 bridgehead atoms. The summed E-state index contributed by atoms with van der Waals surface area (Å²) in [6.45, 7) is 2.05. The summed E-state index contributed by atoms with van der Waals surface area (Å²) in [6.07, 6.45) is 7.36. The number of thioether (sulfide) groups is 1. The highest BCUT2D eigenvalue weighted by Crippen LogP contribution is 2.34. The molecular weight excluding hydrogens is 372 g/mol. The third kappa shape index (κ3) is 3.85. The van der Waals surface area contributed by atoms with E-state index in [0.29, 0.717) is 11.0 Å². The lowest BCUT2D eigenvalue weighted by molar-refractivity contribution is -0.124. The normalized spacial score (nSPS) is 21.7. The van der Waals surface area contributed by atoms with Crippen LogP contribution >= 0.6 is 11.8 Å². The van der Waals surface area contributed by atoms with Gasteiger partial charge in [0.1, 0.15) is 11.9 Å². The molecule has 1 atom stereocenters. The van der Waals surface area contributed by atoms with Crippen LogP contribution in [0.25, 0.3) is 0 Å². The quantitative estimate of drug-likeness (QED) is 0.823. The molecule has 2 aliphatic heterocycles. The van der Waals surface area contributed by atoms with Crippen molar-refractivity contribution in [3.05, 3.63) is 29.8 Å². The molecule has 4 rings (SSSR count). The van der Waals surface area contributed by atoms with Gasteiger partial charge >= 0.3 is 0 Å². The Morgan fingerprint density at radius 2 is 2.04 bits per heavy atom. The lowest BCUT2D eigenvalue weighted by atomic mass is 9.95. The summed E-state index contributed by atoms with van der Waals surface area (Å²) in [5, 5.41) is 3.68. The van der Waals surface area contributed by atoms with E-state index in [1.54, 1.807) is 4.90 Å². The maximum Gasteiger partial charge on any atom is 0.259 e. The molecule has 1 fully saturated rings. The number of rotatable bonds is 5. The van der Waals surface area contributed by atoms with Crippen LogP contribution in [0.4, 0.5) is 5.69 Å². The molecule has 1 unspecified atom stereocenters. The van der Waals surface area contributed by atoms with Crippen LogP contribution in [0.15, 0.2) is 34.3 Å². The van der Waals surface area contributed by atoms with Gasteiger partial charge in [0, 0.05) is 11.6 Å². The van der Waals surface area contributed by atoms with E-state index < -0.39 is 0 Å². The molecule has 1 saturated carbocycles. The van der Waals surface area contributed by atoms with Crippen molar-refractivity contribution in [2.75, 3.05) is 5.75 Å². The van der Waals surface area contributed by atoms with Crippen LogP contribution in [0, 0.1) is 0 Å². The van der Waals surface area contributed by atoms with Crippen molar-refractivity contribution in [1.82, 2.24) is 10.2 Å². The number of benzene rings is 1. The fraction of sp³-hybridized carbons (Fsp3) is 0.524. The van der Waals surface area contributed by atoms with Gasteiger partial charge in [-0.2, -0.15) is 0 Å². The van der Waals surface area contributed by atoms with Crippen molar-refractivity contribution in [3.63, 3.8) is 0 Å². The van der Waals surface area contributed by atoms with Gasteiger partial charge in [0.05, 0.1) is 11.4 Å². The van der Waals surface area contributed by atoms with E-state index in [9.17, 15) is 9.59 Å². The minimum atomic E-state index is -0.354. The van der Waals surface area contributed by atoms with Crippen molar-refractivity contribution < 1.29 is 9.59 Å². The average Bonchev–Trinajstić information content (AvgIpc) is 3.04.